The zero-order valence-corrected chi connectivity index (χ0v) is 8.11. The Balaban J connectivity index is 3.27. The van der Waals surface area contributed by atoms with Crippen LogP contribution in [-0.2, 0) is 11.5 Å². The van der Waals surface area contributed by atoms with Crippen molar-refractivity contribution >= 4 is 5.97 Å². The highest BCUT2D eigenvalue weighted by Crippen LogP contribution is 2.29. The van der Waals surface area contributed by atoms with Crippen LogP contribution in [-0.4, -0.2) is 23.3 Å². The molecule has 0 bridgehead atoms. The first-order valence-electron chi connectivity index (χ1n) is 4.24. The lowest BCUT2D eigenvalue weighted by Crippen LogP contribution is -2.13. The van der Waals surface area contributed by atoms with Gasteiger partial charge in [-0.05, 0) is 11.6 Å². The molecule has 0 saturated heterocycles. The Morgan fingerprint density at radius 2 is 2.27 bits per heavy atom. The number of hydrogen-bond acceptors (Lipinski definition) is 3. The monoisotopic (exact) mass is 214 g/mol. The van der Waals surface area contributed by atoms with E-state index in [9.17, 15) is 14.3 Å². The molecular formula is C10H11FO4. The van der Waals surface area contributed by atoms with Crippen molar-refractivity contribution in [2.75, 3.05) is 7.11 Å². The van der Waals surface area contributed by atoms with Gasteiger partial charge in [0.25, 0.3) is 0 Å². The van der Waals surface area contributed by atoms with E-state index in [2.05, 4.69) is 0 Å². The Hall–Kier alpha value is -1.62. The minimum atomic E-state index is -1.77. The molecule has 0 radical (unpaired) electrons. The maximum Gasteiger partial charge on any atom is 0.337 e. The Morgan fingerprint density at radius 1 is 1.60 bits per heavy atom. The number of aliphatic carboxylic acids is 1. The third-order valence-electron chi connectivity index (χ3n) is 2.03. The Kier molecular flexibility index (Phi) is 3.62. The number of hydrogen-bond donors (Lipinski definition) is 2. The normalized spacial score (nSPS) is 12.2. The Morgan fingerprint density at radius 3 is 2.73 bits per heavy atom. The fourth-order valence-corrected chi connectivity index (χ4v) is 1.32. The van der Waals surface area contributed by atoms with E-state index in [0.29, 0.717) is 0 Å². The van der Waals surface area contributed by atoms with Crippen LogP contribution in [0.4, 0.5) is 4.39 Å². The molecule has 0 aromatic heterocycles. The summed E-state index contributed by atoms with van der Waals surface area (Å²) < 4.78 is 17.4. The number of carboxylic acid groups (broad SMARTS) is 1. The molecule has 1 rings (SSSR count). The summed E-state index contributed by atoms with van der Waals surface area (Å²) in [5.74, 6) is -1.27. The van der Waals surface area contributed by atoms with Gasteiger partial charge in [-0.1, -0.05) is 12.1 Å². The first-order valence-corrected chi connectivity index (χ1v) is 4.24. The lowest BCUT2D eigenvalue weighted by molar-refractivity contribution is -0.147. The van der Waals surface area contributed by atoms with Crippen LogP contribution >= 0.6 is 0 Å². The molecule has 1 aromatic rings. The van der Waals surface area contributed by atoms with Crippen LogP contribution in [0.2, 0.25) is 0 Å². The van der Waals surface area contributed by atoms with Crippen LogP contribution in [0.3, 0.4) is 0 Å². The molecule has 0 aliphatic carbocycles. The first kappa shape index (κ1) is 11.5. The predicted molar refractivity (Wildman–Crippen MR) is 50.4 cm³/mol. The Labute approximate surface area is 85.9 Å². The van der Waals surface area contributed by atoms with Crippen LogP contribution in [0.5, 0.6) is 5.75 Å². The standard InChI is InChI=1S/C10H11FO4/c1-15-7-4-2-3-6(5-11)8(7)9(12)10(13)14/h2-4,9,12H,5H2,1H3,(H,13,14). The minimum Gasteiger partial charge on any atom is -0.496 e. The van der Waals surface area contributed by atoms with Crippen molar-refractivity contribution in [1.29, 1.82) is 0 Å². The van der Waals surface area contributed by atoms with Crippen molar-refractivity contribution in [3.05, 3.63) is 29.3 Å². The average Bonchev–Trinajstić information content (AvgIpc) is 2.26. The smallest absolute Gasteiger partial charge is 0.337 e. The number of methoxy groups -OCH3 is 1. The van der Waals surface area contributed by atoms with E-state index in [1.165, 1.54) is 25.3 Å². The van der Waals surface area contributed by atoms with E-state index in [1.807, 2.05) is 0 Å². The molecule has 82 valence electrons. The molecule has 0 aliphatic rings. The van der Waals surface area contributed by atoms with Gasteiger partial charge in [0, 0.05) is 5.56 Å². The summed E-state index contributed by atoms with van der Waals surface area (Å²) in [6, 6.07) is 4.41. The first-order chi connectivity index (χ1) is 7.11. The molecule has 4 nitrogen and oxygen atoms in total. The van der Waals surface area contributed by atoms with E-state index in [4.69, 9.17) is 9.84 Å². The second-order valence-electron chi connectivity index (χ2n) is 2.91. The molecular weight excluding hydrogens is 203 g/mol. The van der Waals surface area contributed by atoms with Gasteiger partial charge in [0.15, 0.2) is 6.10 Å². The number of alkyl halides is 1. The minimum absolute atomic E-state index is 0.0324. The average molecular weight is 214 g/mol. The van der Waals surface area contributed by atoms with Crippen LogP contribution in [0.25, 0.3) is 0 Å². The van der Waals surface area contributed by atoms with Gasteiger partial charge in [-0.3, -0.25) is 0 Å². The predicted octanol–water partition coefficient (Wildman–Crippen LogP) is 1.28. The van der Waals surface area contributed by atoms with Crippen LogP contribution in [0.15, 0.2) is 18.2 Å². The van der Waals surface area contributed by atoms with Crippen molar-refractivity contribution < 1.29 is 24.1 Å². The van der Waals surface area contributed by atoms with Gasteiger partial charge in [-0.15, -0.1) is 0 Å². The van der Waals surface area contributed by atoms with E-state index in [1.54, 1.807) is 0 Å². The molecule has 0 saturated carbocycles. The van der Waals surface area contributed by atoms with Crippen LogP contribution in [0, 0.1) is 0 Å². The van der Waals surface area contributed by atoms with Gasteiger partial charge < -0.3 is 14.9 Å². The molecule has 1 aromatic carbocycles. The van der Waals surface area contributed by atoms with E-state index in [0.717, 1.165) is 0 Å². The molecule has 2 N–H and O–H groups in total. The molecule has 0 heterocycles. The number of ether oxygens (including phenoxy) is 1. The Bertz CT molecular complexity index is 342. The van der Waals surface area contributed by atoms with Gasteiger partial charge >= 0.3 is 5.97 Å². The summed E-state index contributed by atoms with van der Waals surface area (Å²) in [7, 11) is 1.33. The molecule has 0 aliphatic heterocycles. The molecule has 0 spiro atoms. The summed E-state index contributed by atoms with van der Waals surface area (Å²) in [5, 5.41) is 18.0. The van der Waals surface area contributed by atoms with Crippen molar-refractivity contribution in [1.82, 2.24) is 0 Å². The molecule has 1 unspecified atom stereocenters. The number of benzene rings is 1. The number of aliphatic hydroxyl groups is 1. The third kappa shape index (κ3) is 2.24. The zero-order valence-electron chi connectivity index (χ0n) is 8.11. The highest BCUT2D eigenvalue weighted by Gasteiger charge is 2.23. The van der Waals surface area contributed by atoms with E-state index in [-0.39, 0.29) is 16.9 Å². The summed E-state index contributed by atoms with van der Waals surface area (Å²) in [6.45, 7) is -0.850. The zero-order chi connectivity index (χ0) is 11.4. The maximum absolute atomic E-state index is 12.6. The second-order valence-corrected chi connectivity index (χ2v) is 2.91. The van der Waals surface area contributed by atoms with Crippen molar-refractivity contribution in [2.24, 2.45) is 0 Å². The van der Waals surface area contributed by atoms with Gasteiger partial charge in [-0.2, -0.15) is 0 Å². The van der Waals surface area contributed by atoms with Gasteiger partial charge in [-0.25, -0.2) is 9.18 Å². The maximum atomic E-state index is 12.6. The van der Waals surface area contributed by atoms with Gasteiger partial charge in [0.1, 0.15) is 12.4 Å². The molecule has 5 heteroatoms. The molecule has 0 amide bonds. The molecule has 0 fully saturated rings. The van der Waals surface area contributed by atoms with Crippen molar-refractivity contribution in [3.8, 4) is 5.75 Å². The van der Waals surface area contributed by atoms with Gasteiger partial charge in [0.2, 0.25) is 0 Å². The number of aliphatic hydroxyl groups excluding tert-OH is 1. The highest BCUT2D eigenvalue weighted by atomic mass is 19.1. The largest absolute Gasteiger partial charge is 0.496 e. The summed E-state index contributed by atoms with van der Waals surface area (Å²) in [4.78, 5) is 10.6. The second kappa shape index (κ2) is 4.75. The van der Waals surface area contributed by atoms with Gasteiger partial charge in [0.05, 0.1) is 7.11 Å². The highest BCUT2D eigenvalue weighted by molar-refractivity contribution is 5.76. The van der Waals surface area contributed by atoms with Crippen molar-refractivity contribution in [2.45, 2.75) is 12.8 Å². The number of halogens is 1. The quantitative estimate of drug-likeness (QED) is 0.792. The number of rotatable bonds is 4. The lowest BCUT2D eigenvalue weighted by atomic mass is 10.0. The number of carboxylic acids is 1. The summed E-state index contributed by atoms with van der Waals surface area (Å²) >= 11 is 0. The van der Waals surface area contributed by atoms with Crippen LogP contribution < -0.4 is 4.74 Å². The summed E-state index contributed by atoms with van der Waals surface area (Å²) in [5.41, 5.74) is 0.0826. The van der Waals surface area contributed by atoms with E-state index < -0.39 is 18.7 Å². The lowest BCUT2D eigenvalue weighted by Gasteiger charge is -2.14. The SMILES string of the molecule is COc1cccc(CF)c1C(O)C(=O)O. The third-order valence-corrected chi connectivity index (χ3v) is 2.03. The van der Waals surface area contributed by atoms with Crippen molar-refractivity contribution in [3.63, 3.8) is 0 Å². The molecule has 1 atom stereocenters. The fraction of sp³-hybridized carbons (Fsp3) is 0.300. The number of carbonyl (C=O) groups is 1. The fourth-order valence-electron chi connectivity index (χ4n) is 1.32. The molecule has 15 heavy (non-hydrogen) atoms. The van der Waals surface area contributed by atoms with Crippen LogP contribution in [0.1, 0.15) is 17.2 Å². The van der Waals surface area contributed by atoms with E-state index >= 15 is 0 Å². The summed E-state index contributed by atoms with van der Waals surface area (Å²) in [6.07, 6.45) is -1.77. The topological polar surface area (TPSA) is 66.8 Å².